The van der Waals surface area contributed by atoms with Crippen molar-refractivity contribution in [1.82, 2.24) is 5.32 Å². The van der Waals surface area contributed by atoms with Crippen molar-refractivity contribution < 1.29 is 14.3 Å². The van der Waals surface area contributed by atoms with Gasteiger partial charge in [-0.1, -0.05) is 13.3 Å². The van der Waals surface area contributed by atoms with E-state index >= 15 is 0 Å². The summed E-state index contributed by atoms with van der Waals surface area (Å²) in [5.41, 5.74) is -0.494. The number of carbonyl (C=O) groups is 2. The quantitative estimate of drug-likeness (QED) is 0.840. The Morgan fingerprint density at radius 2 is 1.94 bits per heavy atom. The van der Waals surface area contributed by atoms with Crippen molar-refractivity contribution in [3.05, 3.63) is 0 Å². The average molecular weight is 255 g/mol. The molecule has 1 aliphatic carbocycles. The topological polar surface area (TPSA) is 55.4 Å². The summed E-state index contributed by atoms with van der Waals surface area (Å²) in [5.74, 6) is 0.258. The number of ether oxygens (including phenoxy) is 1. The maximum Gasteiger partial charge on any atom is 0.407 e. The number of amides is 1. The van der Waals surface area contributed by atoms with Crippen molar-refractivity contribution in [3.63, 3.8) is 0 Å². The molecule has 1 fully saturated rings. The van der Waals surface area contributed by atoms with Gasteiger partial charge in [0.15, 0.2) is 0 Å². The summed E-state index contributed by atoms with van der Waals surface area (Å²) in [6, 6.07) is -0.0427. The molecule has 4 nitrogen and oxygen atoms in total. The maximum atomic E-state index is 11.9. The van der Waals surface area contributed by atoms with Gasteiger partial charge in [0.25, 0.3) is 0 Å². The zero-order chi connectivity index (χ0) is 13.8. The predicted molar refractivity (Wildman–Crippen MR) is 70.4 cm³/mol. The lowest BCUT2D eigenvalue weighted by Crippen LogP contribution is -2.42. The summed E-state index contributed by atoms with van der Waals surface area (Å²) in [6.07, 6.45) is 3.83. The van der Waals surface area contributed by atoms with Crippen LogP contribution in [0.1, 0.15) is 59.8 Å². The first-order chi connectivity index (χ1) is 8.33. The van der Waals surface area contributed by atoms with Gasteiger partial charge in [0.2, 0.25) is 0 Å². The van der Waals surface area contributed by atoms with Crippen LogP contribution < -0.4 is 5.32 Å². The summed E-state index contributed by atoms with van der Waals surface area (Å²) < 4.78 is 5.23. The van der Waals surface area contributed by atoms with Gasteiger partial charge in [-0.15, -0.1) is 0 Å². The van der Waals surface area contributed by atoms with E-state index in [4.69, 9.17) is 4.74 Å². The molecule has 0 radical (unpaired) electrons. The zero-order valence-electron chi connectivity index (χ0n) is 11.9. The second-order valence-corrected chi connectivity index (χ2v) is 6.01. The number of Topliss-reactive ketones (excluding diaryl/α,β-unsaturated/α-hetero) is 1. The smallest absolute Gasteiger partial charge is 0.407 e. The first-order valence-corrected chi connectivity index (χ1v) is 6.85. The van der Waals surface area contributed by atoms with Gasteiger partial charge < -0.3 is 10.1 Å². The molecule has 0 saturated heterocycles. The summed E-state index contributed by atoms with van der Waals surface area (Å²) in [6.45, 7) is 7.51. The van der Waals surface area contributed by atoms with Crippen LogP contribution in [0, 0.1) is 5.92 Å². The lowest BCUT2D eigenvalue weighted by atomic mass is 9.95. The fraction of sp³-hybridized carbons (Fsp3) is 0.857. The largest absolute Gasteiger partial charge is 0.444 e. The zero-order valence-corrected chi connectivity index (χ0v) is 11.9. The van der Waals surface area contributed by atoms with Crippen LogP contribution in [-0.4, -0.2) is 23.5 Å². The standard InChI is InChI=1S/C14H25NO3/c1-5-7-12(16)10-8-6-9-11(10)15-13(17)18-14(2,3)4/h10-11H,5-9H2,1-4H3,(H,15,17)/t10-,11+/m1/s1. The minimum Gasteiger partial charge on any atom is -0.444 e. The van der Waals surface area contributed by atoms with Crippen LogP contribution in [-0.2, 0) is 9.53 Å². The Bertz CT molecular complexity index is 307. The second kappa shape index (κ2) is 6.21. The summed E-state index contributed by atoms with van der Waals surface area (Å²) in [5, 5.41) is 2.84. The number of hydrogen-bond donors (Lipinski definition) is 1. The highest BCUT2D eigenvalue weighted by atomic mass is 16.6. The summed E-state index contributed by atoms with van der Waals surface area (Å²) in [4.78, 5) is 23.6. The molecular weight excluding hydrogens is 230 g/mol. The van der Waals surface area contributed by atoms with E-state index < -0.39 is 11.7 Å². The van der Waals surface area contributed by atoms with Gasteiger partial charge in [-0.25, -0.2) is 4.79 Å². The van der Waals surface area contributed by atoms with Crippen LogP contribution in [0.4, 0.5) is 4.79 Å². The third kappa shape index (κ3) is 4.67. The molecule has 2 atom stereocenters. The first-order valence-electron chi connectivity index (χ1n) is 6.85. The van der Waals surface area contributed by atoms with Crippen LogP contribution in [0.15, 0.2) is 0 Å². The highest BCUT2D eigenvalue weighted by Crippen LogP contribution is 2.28. The summed E-state index contributed by atoms with van der Waals surface area (Å²) in [7, 11) is 0. The molecule has 104 valence electrons. The van der Waals surface area contributed by atoms with Gasteiger partial charge >= 0.3 is 6.09 Å². The van der Waals surface area contributed by atoms with Crippen molar-refractivity contribution in [3.8, 4) is 0 Å². The SMILES string of the molecule is CCCC(=O)[C@@H]1CCC[C@@H]1NC(=O)OC(C)(C)C. The van der Waals surface area contributed by atoms with Crippen molar-refractivity contribution in [2.45, 2.75) is 71.4 Å². The van der Waals surface area contributed by atoms with Crippen molar-refractivity contribution >= 4 is 11.9 Å². The second-order valence-electron chi connectivity index (χ2n) is 6.01. The molecule has 0 aromatic carbocycles. The normalized spacial score (nSPS) is 23.8. The highest BCUT2D eigenvalue weighted by molar-refractivity contribution is 5.82. The van der Waals surface area contributed by atoms with Gasteiger partial charge in [-0.2, -0.15) is 0 Å². The predicted octanol–water partition coefficient (Wildman–Crippen LogP) is 3.05. The summed E-state index contributed by atoms with van der Waals surface area (Å²) >= 11 is 0. The minimum absolute atomic E-state index is 0.0162. The molecule has 0 spiro atoms. The van der Waals surface area contributed by atoms with Crippen molar-refractivity contribution in [2.75, 3.05) is 0 Å². The number of rotatable bonds is 4. The molecular formula is C14H25NO3. The van der Waals surface area contributed by atoms with Crippen molar-refractivity contribution in [2.24, 2.45) is 5.92 Å². The molecule has 0 unspecified atom stereocenters. The third-order valence-electron chi connectivity index (χ3n) is 3.13. The molecule has 0 bridgehead atoms. The molecule has 0 aromatic rings. The van der Waals surface area contributed by atoms with E-state index in [1.807, 2.05) is 27.7 Å². The van der Waals surface area contributed by atoms with Crippen LogP contribution >= 0.6 is 0 Å². The Balaban J connectivity index is 2.50. The van der Waals surface area contributed by atoms with Crippen LogP contribution in [0.3, 0.4) is 0 Å². The molecule has 1 saturated carbocycles. The van der Waals surface area contributed by atoms with Gasteiger partial charge in [0.05, 0.1) is 0 Å². The van der Waals surface area contributed by atoms with E-state index in [-0.39, 0.29) is 17.7 Å². The fourth-order valence-corrected chi connectivity index (χ4v) is 2.41. The molecule has 1 rings (SSSR count). The van der Waals surface area contributed by atoms with E-state index in [2.05, 4.69) is 5.32 Å². The highest BCUT2D eigenvalue weighted by Gasteiger charge is 2.34. The Kier molecular flexibility index (Phi) is 5.17. The number of hydrogen-bond acceptors (Lipinski definition) is 3. The Hall–Kier alpha value is -1.06. The lowest BCUT2D eigenvalue weighted by molar-refractivity contribution is -0.123. The molecule has 18 heavy (non-hydrogen) atoms. The number of carbonyl (C=O) groups excluding carboxylic acids is 2. The molecule has 0 aliphatic heterocycles. The number of alkyl carbamates (subject to hydrolysis) is 1. The number of ketones is 1. The third-order valence-corrected chi connectivity index (χ3v) is 3.13. The molecule has 1 N–H and O–H groups in total. The van der Waals surface area contributed by atoms with E-state index in [0.29, 0.717) is 6.42 Å². The van der Waals surface area contributed by atoms with Gasteiger partial charge in [0, 0.05) is 18.4 Å². The van der Waals surface area contributed by atoms with Crippen LogP contribution in [0.2, 0.25) is 0 Å². The Morgan fingerprint density at radius 1 is 1.28 bits per heavy atom. The first kappa shape index (κ1) is 15.0. The van der Waals surface area contributed by atoms with E-state index in [1.54, 1.807) is 0 Å². The van der Waals surface area contributed by atoms with E-state index in [1.165, 1.54) is 0 Å². The van der Waals surface area contributed by atoms with Gasteiger partial charge in [0.1, 0.15) is 11.4 Å². The van der Waals surface area contributed by atoms with Crippen LogP contribution in [0.5, 0.6) is 0 Å². The molecule has 4 heteroatoms. The van der Waals surface area contributed by atoms with Crippen LogP contribution in [0.25, 0.3) is 0 Å². The molecule has 0 aromatic heterocycles. The van der Waals surface area contributed by atoms with Gasteiger partial charge in [-0.3, -0.25) is 4.79 Å². The molecule has 1 aliphatic rings. The fourth-order valence-electron chi connectivity index (χ4n) is 2.41. The van der Waals surface area contributed by atoms with E-state index in [9.17, 15) is 9.59 Å². The monoisotopic (exact) mass is 255 g/mol. The maximum absolute atomic E-state index is 11.9. The Labute approximate surface area is 109 Å². The minimum atomic E-state index is -0.494. The average Bonchev–Trinajstić information content (AvgIpc) is 2.62. The van der Waals surface area contributed by atoms with E-state index in [0.717, 1.165) is 25.7 Å². The lowest BCUT2D eigenvalue weighted by Gasteiger charge is -2.24. The van der Waals surface area contributed by atoms with Gasteiger partial charge in [-0.05, 0) is 40.0 Å². The van der Waals surface area contributed by atoms with Crippen molar-refractivity contribution in [1.29, 1.82) is 0 Å². The number of nitrogens with one attached hydrogen (secondary N) is 1. The Morgan fingerprint density at radius 3 is 2.50 bits per heavy atom. The molecule has 0 heterocycles. The molecule has 1 amide bonds.